The molecule has 0 spiro atoms. The number of fused-ring (bicyclic) bond motifs is 2. The number of nitrogens with two attached hydrogens (primary N) is 1. The maximum absolute atomic E-state index is 13.2. The Bertz CT molecular complexity index is 1330. The fourth-order valence-corrected chi connectivity index (χ4v) is 4.69. The molecule has 3 N–H and O–H groups in total. The van der Waals surface area contributed by atoms with Gasteiger partial charge < -0.3 is 15.6 Å². The molecule has 1 aliphatic carbocycles. The molecule has 4 aromatic rings. The average Bonchev–Trinajstić information content (AvgIpc) is 2.96. The largest absolute Gasteiger partial charge is 0.383 e. The average molecular weight is 432 g/mol. The van der Waals surface area contributed by atoms with Crippen molar-refractivity contribution in [3.8, 4) is 0 Å². The van der Waals surface area contributed by atoms with Crippen LogP contribution in [0.3, 0.4) is 0 Å². The van der Waals surface area contributed by atoms with Crippen molar-refractivity contribution in [2.24, 2.45) is 0 Å². The molecule has 0 amide bonds. The Morgan fingerprint density at radius 1 is 1.03 bits per heavy atom. The fraction of sp³-hybridized carbons (Fsp3) is 0.320. The zero-order valence-electron chi connectivity index (χ0n) is 17.9. The molecule has 1 saturated carbocycles. The zero-order chi connectivity index (χ0) is 22.1. The van der Waals surface area contributed by atoms with Crippen molar-refractivity contribution in [1.82, 2.24) is 14.5 Å². The summed E-state index contributed by atoms with van der Waals surface area (Å²) in [4.78, 5) is 22.2. The Labute approximate surface area is 185 Å². The molecule has 0 radical (unpaired) electrons. The minimum atomic E-state index is -0.314. The summed E-state index contributed by atoms with van der Waals surface area (Å²) in [7, 11) is 0. The second kappa shape index (κ2) is 8.57. The molecular formula is C25H26FN5O. The molecule has 32 heavy (non-hydrogen) atoms. The van der Waals surface area contributed by atoms with Gasteiger partial charge in [0.25, 0.3) is 5.56 Å². The van der Waals surface area contributed by atoms with Crippen LogP contribution in [0.1, 0.15) is 43.7 Å². The molecule has 0 aliphatic heterocycles. The standard InChI is InChI=1S/C25H26FN5O/c26-17-12-10-16(11-13-17)14-15-28-21-22-24(31(23(21)27)18-6-2-1-3-7-18)29-20-9-5-4-8-19(20)25(32)30-22/h4-5,8-13,18,28H,1-3,6-7,14-15,27H2. The number of anilines is 2. The van der Waals surface area contributed by atoms with Gasteiger partial charge in [-0.3, -0.25) is 4.79 Å². The zero-order valence-corrected chi connectivity index (χ0v) is 17.9. The third kappa shape index (κ3) is 3.79. The van der Waals surface area contributed by atoms with Crippen molar-refractivity contribution in [2.45, 2.75) is 44.6 Å². The molecular weight excluding hydrogens is 405 g/mol. The summed E-state index contributed by atoms with van der Waals surface area (Å²) in [5.74, 6) is 0.319. The highest BCUT2D eigenvalue weighted by Gasteiger charge is 2.25. The van der Waals surface area contributed by atoms with E-state index in [0.29, 0.717) is 46.5 Å². The van der Waals surface area contributed by atoms with E-state index in [4.69, 9.17) is 10.7 Å². The van der Waals surface area contributed by atoms with Crippen molar-refractivity contribution >= 4 is 33.6 Å². The van der Waals surface area contributed by atoms with Crippen LogP contribution in [0.25, 0.3) is 22.1 Å². The van der Waals surface area contributed by atoms with Gasteiger partial charge in [-0.25, -0.2) is 14.4 Å². The lowest BCUT2D eigenvalue weighted by Gasteiger charge is -2.24. The number of halogens is 1. The summed E-state index contributed by atoms with van der Waals surface area (Å²) in [6, 6.07) is 14.0. The van der Waals surface area contributed by atoms with Crippen molar-refractivity contribution in [2.75, 3.05) is 17.6 Å². The first-order chi connectivity index (χ1) is 15.6. The lowest BCUT2D eigenvalue weighted by atomic mass is 9.95. The summed E-state index contributed by atoms with van der Waals surface area (Å²) in [5.41, 5.74) is 9.78. The number of hydrogen-bond donors (Lipinski definition) is 2. The van der Waals surface area contributed by atoms with E-state index in [0.717, 1.165) is 31.2 Å². The van der Waals surface area contributed by atoms with Crippen LogP contribution in [0.5, 0.6) is 0 Å². The maximum Gasteiger partial charge on any atom is 0.279 e. The maximum atomic E-state index is 13.2. The quantitative estimate of drug-likeness (QED) is 0.473. The van der Waals surface area contributed by atoms with Gasteiger partial charge in [-0.2, -0.15) is 0 Å². The second-order valence-electron chi connectivity index (χ2n) is 8.44. The minimum absolute atomic E-state index is 0.240. The molecule has 7 heteroatoms. The summed E-state index contributed by atoms with van der Waals surface area (Å²) in [6.45, 7) is 0.577. The first-order valence-corrected chi connectivity index (χ1v) is 11.2. The van der Waals surface area contributed by atoms with Crippen LogP contribution in [-0.4, -0.2) is 21.1 Å². The van der Waals surface area contributed by atoms with Gasteiger partial charge in [-0.1, -0.05) is 43.5 Å². The number of nitrogen functional groups attached to an aromatic ring is 1. The second-order valence-corrected chi connectivity index (χ2v) is 8.44. The number of hydrogen-bond acceptors (Lipinski definition) is 5. The fourth-order valence-electron chi connectivity index (χ4n) is 4.69. The molecule has 2 heterocycles. The predicted octanol–water partition coefficient (Wildman–Crippen LogP) is 4.83. The van der Waals surface area contributed by atoms with E-state index in [1.807, 2.05) is 18.2 Å². The Morgan fingerprint density at radius 3 is 2.56 bits per heavy atom. The lowest BCUT2D eigenvalue weighted by molar-refractivity contribution is 0.363. The smallest absolute Gasteiger partial charge is 0.279 e. The molecule has 1 aliphatic rings. The van der Waals surface area contributed by atoms with Crippen LogP contribution < -0.4 is 16.6 Å². The van der Waals surface area contributed by atoms with Gasteiger partial charge >= 0.3 is 0 Å². The molecule has 1 fully saturated rings. The predicted molar refractivity (Wildman–Crippen MR) is 126 cm³/mol. The molecule has 0 saturated heterocycles. The van der Waals surface area contributed by atoms with Crippen LogP contribution >= 0.6 is 0 Å². The highest BCUT2D eigenvalue weighted by Crippen LogP contribution is 2.38. The SMILES string of the molecule is Nc1c(NCCc2ccc(F)cc2)c2nc(=O)c3ccccc3nc2n1C1CCCCC1. The summed E-state index contributed by atoms with van der Waals surface area (Å²) in [6.07, 6.45) is 6.28. The van der Waals surface area contributed by atoms with Crippen LogP contribution in [0.2, 0.25) is 0 Å². The normalized spacial score (nSPS) is 14.8. The third-order valence-electron chi connectivity index (χ3n) is 6.34. The van der Waals surface area contributed by atoms with Gasteiger partial charge in [0.2, 0.25) is 0 Å². The number of rotatable bonds is 5. The van der Waals surface area contributed by atoms with Gasteiger partial charge in [0.1, 0.15) is 22.8 Å². The van der Waals surface area contributed by atoms with Crippen molar-refractivity contribution in [1.29, 1.82) is 0 Å². The van der Waals surface area contributed by atoms with Gasteiger partial charge in [-0.05, 0) is 49.1 Å². The van der Waals surface area contributed by atoms with Crippen LogP contribution in [0.4, 0.5) is 15.9 Å². The molecule has 0 unspecified atom stereocenters. The van der Waals surface area contributed by atoms with E-state index < -0.39 is 0 Å². The van der Waals surface area contributed by atoms with Gasteiger partial charge in [-0.15, -0.1) is 0 Å². The topological polar surface area (TPSA) is 85.8 Å². The third-order valence-corrected chi connectivity index (χ3v) is 6.34. The van der Waals surface area contributed by atoms with Crippen molar-refractivity contribution < 1.29 is 4.39 Å². The highest BCUT2D eigenvalue weighted by molar-refractivity contribution is 5.97. The van der Waals surface area contributed by atoms with Gasteiger partial charge in [0.05, 0.1) is 10.9 Å². The first kappa shape index (κ1) is 20.4. The van der Waals surface area contributed by atoms with Gasteiger partial charge in [0, 0.05) is 12.6 Å². The lowest BCUT2D eigenvalue weighted by Crippen LogP contribution is -2.16. The van der Waals surface area contributed by atoms with Crippen LogP contribution in [-0.2, 0) is 6.42 Å². The van der Waals surface area contributed by atoms with E-state index in [-0.39, 0.29) is 17.4 Å². The van der Waals surface area contributed by atoms with E-state index in [9.17, 15) is 9.18 Å². The number of aromatic nitrogens is 3. The van der Waals surface area contributed by atoms with E-state index in [2.05, 4.69) is 14.9 Å². The first-order valence-electron chi connectivity index (χ1n) is 11.2. The Morgan fingerprint density at radius 2 is 1.78 bits per heavy atom. The minimum Gasteiger partial charge on any atom is -0.383 e. The Balaban J connectivity index is 1.60. The Kier molecular flexibility index (Phi) is 5.47. The summed E-state index contributed by atoms with van der Waals surface area (Å²) in [5, 5.41) is 3.89. The summed E-state index contributed by atoms with van der Waals surface area (Å²) >= 11 is 0. The highest BCUT2D eigenvalue weighted by atomic mass is 19.1. The van der Waals surface area contributed by atoms with Crippen molar-refractivity contribution in [3.05, 3.63) is 70.3 Å². The molecule has 6 nitrogen and oxygen atoms in total. The number of nitrogens with one attached hydrogen (secondary N) is 1. The molecule has 164 valence electrons. The number of nitrogens with zero attached hydrogens (tertiary/aromatic N) is 3. The molecule has 2 aromatic heterocycles. The monoisotopic (exact) mass is 431 g/mol. The molecule has 0 bridgehead atoms. The number of para-hydroxylation sites is 1. The number of benzene rings is 2. The molecule has 2 aromatic carbocycles. The van der Waals surface area contributed by atoms with Crippen molar-refractivity contribution in [3.63, 3.8) is 0 Å². The van der Waals surface area contributed by atoms with E-state index in [1.165, 1.54) is 18.6 Å². The van der Waals surface area contributed by atoms with E-state index in [1.54, 1.807) is 18.2 Å². The van der Waals surface area contributed by atoms with Crippen LogP contribution in [0, 0.1) is 5.82 Å². The van der Waals surface area contributed by atoms with Gasteiger partial charge in [0.15, 0.2) is 5.65 Å². The summed E-state index contributed by atoms with van der Waals surface area (Å²) < 4.78 is 15.3. The van der Waals surface area contributed by atoms with E-state index >= 15 is 0 Å². The molecule has 5 rings (SSSR count). The molecule has 0 atom stereocenters. The van der Waals surface area contributed by atoms with Crippen LogP contribution in [0.15, 0.2) is 53.3 Å². The Hall–Kier alpha value is -3.48.